The molecule has 78 valence electrons. The van der Waals surface area contributed by atoms with E-state index in [2.05, 4.69) is 12.2 Å². The minimum absolute atomic E-state index is 0.0113. The first kappa shape index (κ1) is 12.4. The predicted molar refractivity (Wildman–Crippen MR) is 55.3 cm³/mol. The Morgan fingerprint density at radius 3 is 2.54 bits per heavy atom. The monoisotopic (exact) mass is 186 g/mol. The van der Waals surface area contributed by atoms with Crippen molar-refractivity contribution >= 4 is 5.91 Å². The molecule has 0 aromatic rings. The van der Waals surface area contributed by atoms with Crippen molar-refractivity contribution in [2.45, 2.75) is 46.1 Å². The normalized spacial score (nSPS) is 15.1. The number of nitrogens with two attached hydrogens (primary N) is 1. The van der Waals surface area contributed by atoms with Gasteiger partial charge in [0.15, 0.2) is 0 Å². The highest BCUT2D eigenvalue weighted by molar-refractivity contribution is 5.81. The van der Waals surface area contributed by atoms with Gasteiger partial charge in [-0.1, -0.05) is 33.6 Å². The van der Waals surface area contributed by atoms with Crippen molar-refractivity contribution in [3.8, 4) is 0 Å². The van der Waals surface area contributed by atoms with Crippen molar-refractivity contribution in [3.05, 3.63) is 0 Å². The van der Waals surface area contributed by atoms with Gasteiger partial charge in [0.05, 0.1) is 6.04 Å². The van der Waals surface area contributed by atoms with Crippen LogP contribution in [-0.4, -0.2) is 18.5 Å². The summed E-state index contributed by atoms with van der Waals surface area (Å²) in [5.41, 5.74) is 5.74. The van der Waals surface area contributed by atoms with Crippen molar-refractivity contribution in [3.63, 3.8) is 0 Å². The largest absolute Gasteiger partial charge is 0.355 e. The second-order valence-corrected chi connectivity index (χ2v) is 3.56. The minimum Gasteiger partial charge on any atom is -0.355 e. The molecule has 3 heteroatoms. The van der Waals surface area contributed by atoms with E-state index in [0.717, 1.165) is 25.8 Å². The van der Waals surface area contributed by atoms with Gasteiger partial charge in [-0.25, -0.2) is 0 Å². The van der Waals surface area contributed by atoms with Gasteiger partial charge in [-0.2, -0.15) is 0 Å². The lowest BCUT2D eigenvalue weighted by Gasteiger charge is -2.17. The zero-order valence-corrected chi connectivity index (χ0v) is 8.97. The molecule has 0 saturated carbocycles. The summed E-state index contributed by atoms with van der Waals surface area (Å²) in [7, 11) is 0. The van der Waals surface area contributed by atoms with Crippen LogP contribution < -0.4 is 11.1 Å². The van der Waals surface area contributed by atoms with Crippen molar-refractivity contribution < 1.29 is 4.79 Å². The highest BCUT2D eigenvalue weighted by Gasteiger charge is 2.18. The molecule has 0 aromatic carbocycles. The van der Waals surface area contributed by atoms with Gasteiger partial charge >= 0.3 is 0 Å². The molecule has 0 aliphatic rings. The lowest BCUT2D eigenvalue weighted by Crippen LogP contribution is -2.44. The molecule has 3 nitrogen and oxygen atoms in total. The summed E-state index contributed by atoms with van der Waals surface area (Å²) < 4.78 is 0. The average molecular weight is 186 g/mol. The van der Waals surface area contributed by atoms with E-state index in [1.54, 1.807) is 0 Å². The summed E-state index contributed by atoms with van der Waals surface area (Å²) in [5, 5.41) is 2.83. The number of carbonyl (C=O) groups excluding carboxylic acids is 1. The molecule has 2 atom stereocenters. The van der Waals surface area contributed by atoms with Crippen LogP contribution in [0.1, 0.15) is 40.0 Å². The molecule has 0 unspecified atom stereocenters. The van der Waals surface area contributed by atoms with Crippen LogP contribution in [0.15, 0.2) is 0 Å². The number of carbonyl (C=O) groups is 1. The Kier molecular flexibility index (Phi) is 6.59. The van der Waals surface area contributed by atoms with E-state index >= 15 is 0 Å². The lowest BCUT2D eigenvalue weighted by atomic mass is 9.99. The molecule has 0 radical (unpaired) electrons. The summed E-state index contributed by atoms with van der Waals surface area (Å²) in [5.74, 6) is 0.254. The Morgan fingerprint density at radius 2 is 2.08 bits per heavy atom. The SMILES string of the molecule is CCCCNC(=O)[C@@H](N)[C@@H](C)CC. The molecule has 13 heavy (non-hydrogen) atoms. The number of amides is 1. The molecule has 0 bridgehead atoms. The fourth-order valence-electron chi connectivity index (χ4n) is 1.02. The van der Waals surface area contributed by atoms with Gasteiger partial charge in [-0.05, 0) is 12.3 Å². The highest BCUT2D eigenvalue weighted by atomic mass is 16.2. The van der Waals surface area contributed by atoms with E-state index < -0.39 is 0 Å². The summed E-state index contributed by atoms with van der Waals surface area (Å²) in [4.78, 5) is 11.4. The van der Waals surface area contributed by atoms with Gasteiger partial charge in [0.2, 0.25) is 5.91 Å². The van der Waals surface area contributed by atoms with Crippen LogP contribution >= 0.6 is 0 Å². The summed E-state index contributed by atoms with van der Waals surface area (Å²) in [6, 6.07) is -0.346. The average Bonchev–Trinajstić information content (AvgIpc) is 2.15. The maximum Gasteiger partial charge on any atom is 0.237 e. The highest BCUT2D eigenvalue weighted by Crippen LogP contribution is 2.04. The van der Waals surface area contributed by atoms with Gasteiger partial charge in [0.1, 0.15) is 0 Å². The van der Waals surface area contributed by atoms with Crippen LogP contribution in [0.2, 0.25) is 0 Å². The van der Waals surface area contributed by atoms with Gasteiger partial charge in [0, 0.05) is 6.54 Å². The van der Waals surface area contributed by atoms with E-state index in [4.69, 9.17) is 5.73 Å². The van der Waals surface area contributed by atoms with Crippen LogP contribution in [0.4, 0.5) is 0 Å². The van der Waals surface area contributed by atoms with Crippen molar-refractivity contribution in [2.24, 2.45) is 11.7 Å². The number of rotatable bonds is 6. The van der Waals surface area contributed by atoms with E-state index in [1.165, 1.54) is 0 Å². The number of unbranched alkanes of at least 4 members (excludes halogenated alkanes) is 1. The third-order valence-electron chi connectivity index (χ3n) is 2.39. The Balaban J connectivity index is 3.69. The number of nitrogens with one attached hydrogen (secondary N) is 1. The van der Waals surface area contributed by atoms with E-state index in [-0.39, 0.29) is 17.9 Å². The fourth-order valence-corrected chi connectivity index (χ4v) is 1.02. The lowest BCUT2D eigenvalue weighted by molar-refractivity contribution is -0.123. The van der Waals surface area contributed by atoms with E-state index in [9.17, 15) is 4.79 Å². The van der Waals surface area contributed by atoms with Crippen LogP contribution in [0, 0.1) is 5.92 Å². The van der Waals surface area contributed by atoms with Crippen LogP contribution in [0.25, 0.3) is 0 Å². The Bertz CT molecular complexity index is 148. The second-order valence-electron chi connectivity index (χ2n) is 3.56. The molecular formula is C10H22N2O. The van der Waals surface area contributed by atoms with Crippen molar-refractivity contribution in [1.82, 2.24) is 5.32 Å². The standard InChI is InChI=1S/C10H22N2O/c1-4-6-7-12-10(13)9(11)8(3)5-2/h8-9H,4-7,11H2,1-3H3,(H,12,13)/t8-,9-/m0/s1. The number of hydrogen-bond acceptors (Lipinski definition) is 2. The third kappa shape index (κ3) is 4.88. The van der Waals surface area contributed by atoms with E-state index in [1.807, 2.05) is 13.8 Å². The Hall–Kier alpha value is -0.570. The molecule has 0 rings (SSSR count). The molecule has 0 aromatic heterocycles. The van der Waals surface area contributed by atoms with Crippen molar-refractivity contribution in [1.29, 1.82) is 0 Å². The first-order valence-corrected chi connectivity index (χ1v) is 5.16. The molecule has 0 heterocycles. The molecule has 0 spiro atoms. The topological polar surface area (TPSA) is 55.1 Å². The van der Waals surface area contributed by atoms with Crippen LogP contribution in [0.3, 0.4) is 0 Å². The zero-order chi connectivity index (χ0) is 10.3. The first-order valence-electron chi connectivity index (χ1n) is 5.16. The summed E-state index contributed by atoms with van der Waals surface area (Å²) in [6.45, 7) is 6.90. The maximum absolute atomic E-state index is 11.4. The van der Waals surface area contributed by atoms with Gasteiger partial charge in [-0.15, -0.1) is 0 Å². The van der Waals surface area contributed by atoms with Crippen LogP contribution in [-0.2, 0) is 4.79 Å². The third-order valence-corrected chi connectivity index (χ3v) is 2.39. The molecule has 0 aliphatic heterocycles. The molecule has 3 N–H and O–H groups in total. The molecule has 0 fully saturated rings. The minimum atomic E-state index is -0.346. The fraction of sp³-hybridized carbons (Fsp3) is 0.900. The molecule has 0 aliphatic carbocycles. The smallest absolute Gasteiger partial charge is 0.237 e. The molecular weight excluding hydrogens is 164 g/mol. The molecule has 1 amide bonds. The van der Waals surface area contributed by atoms with Gasteiger partial charge in [0.25, 0.3) is 0 Å². The number of hydrogen-bond donors (Lipinski definition) is 2. The van der Waals surface area contributed by atoms with E-state index in [0.29, 0.717) is 0 Å². The maximum atomic E-state index is 11.4. The predicted octanol–water partition coefficient (Wildman–Crippen LogP) is 1.28. The Morgan fingerprint density at radius 1 is 1.46 bits per heavy atom. The first-order chi connectivity index (χ1) is 6.13. The summed E-state index contributed by atoms with van der Waals surface area (Å²) >= 11 is 0. The second kappa shape index (κ2) is 6.89. The summed E-state index contributed by atoms with van der Waals surface area (Å²) in [6.07, 6.45) is 3.07. The van der Waals surface area contributed by atoms with Gasteiger partial charge < -0.3 is 11.1 Å². The van der Waals surface area contributed by atoms with Crippen molar-refractivity contribution in [2.75, 3.05) is 6.54 Å². The quantitative estimate of drug-likeness (QED) is 0.614. The van der Waals surface area contributed by atoms with Gasteiger partial charge in [-0.3, -0.25) is 4.79 Å². The molecule has 0 saturated heterocycles. The zero-order valence-electron chi connectivity index (χ0n) is 8.97. The Labute approximate surface area is 81.1 Å². The van der Waals surface area contributed by atoms with Crippen LogP contribution in [0.5, 0.6) is 0 Å².